The van der Waals surface area contributed by atoms with Crippen LogP contribution in [0.15, 0.2) is 24.3 Å². The molecule has 1 saturated heterocycles. The van der Waals surface area contributed by atoms with Crippen LogP contribution in [-0.2, 0) is 0 Å². The maximum atomic E-state index is 9.00. The Kier molecular flexibility index (Phi) is 3.05. The Bertz CT molecular complexity index is 334. The predicted octanol–water partition coefficient (Wildman–Crippen LogP) is 0.708. The summed E-state index contributed by atoms with van der Waals surface area (Å²) in [6.07, 6.45) is 0. The molecule has 0 aliphatic carbocycles. The number of likely N-dealkylation sites (tertiary alicyclic amines) is 1. The minimum absolute atomic E-state index is 0.00796. The monoisotopic (exact) mass is 206 g/mol. The van der Waals surface area contributed by atoms with Gasteiger partial charge >= 0.3 is 0 Å². The molecule has 3 N–H and O–H groups in total. The van der Waals surface area contributed by atoms with E-state index in [1.165, 1.54) is 5.56 Å². The zero-order chi connectivity index (χ0) is 10.8. The van der Waals surface area contributed by atoms with Gasteiger partial charge in [-0.15, -0.1) is 0 Å². The van der Waals surface area contributed by atoms with Crippen LogP contribution >= 0.6 is 0 Å². The topological polar surface area (TPSA) is 49.5 Å². The lowest BCUT2D eigenvalue weighted by Gasteiger charge is -2.36. The first-order valence-electron chi connectivity index (χ1n) is 5.35. The van der Waals surface area contributed by atoms with Crippen LogP contribution in [0.4, 0.5) is 0 Å². The molecule has 82 valence electrons. The van der Waals surface area contributed by atoms with E-state index in [1.54, 1.807) is 0 Å². The van der Waals surface area contributed by atoms with Gasteiger partial charge in [-0.1, -0.05) is 24.3 Å². The second-order valence-corrected chi connectivity index (χ2v) is 4.38. The SMILES string of the molecule is CN1CC(c2cccc(C(N)CO)c2)C1. The van der Waals surface area contributed by atoms with Crippen molar-refractivity contribution in [2.75, 3.05) is 26.7 Å². The Morgan fingerprint density at radius 1 is 1.53 bits per heavy atom. The van der Waals surface area contributed by atoms with Gasteiger partial charge in [-0.2, -0.15) is 0 Å². The molecular formula is C12H18N2O. The molecule has 1 aromatic rings. The number of hydrogen-bond acceptors (Lipinski definition) is 3. The molecule has 15 heavy (non-hydrogen) atoms. The van der Waals surface area contributed by atoms with Gasteiger partial charge in [-0.05, 0) is 18.2 Å². The summed E-state index contributed by atoms with van der Waals surface area (Å²) in [6, 6.07) is 8.03. The van der Waals surface area contributed by atoms with E-state index in [2.05, 4.69) is 24.1 Å². The van der Waals surface area contributed by atoms with Crippen molar-refractivity contribution in [3.63, 3.8) is 0 Å². The number of nitrogens with zero attached hydrogens (tertiary/aromatic N) is 1. The Labute approximate surface area is 90.5 Å². The highest BCUT2D eigenvalue weighted by molar-refractivity contribution is 5.30. The second kappa shape index (κ2) is 4.31. The molecule has 1 fully saturated rings. The van der Waals surface area contributed by atoms with Crippen LogP contribution in [0.5, 0.6) is 0 Å². The van der Waals surface area contributed by atoms with E-state index in [1.807, 2.05) is 12.1 Å². The van der Waals surface area contributed by atoms with Gasteiger partial charge in [-0.3, -0.25) is 0 Å². The molecule has 0 spiro atoms. The second-order valence-electron chi connectivity index (χ2n) is 4.38. The first-order valence-corrected chi connectivity index (χ1v) is 5.35. The highest BCUT2D eigenvalue weighted by atomic mass is 16.3. The van der Waals surface area contributed by atoms with Gasteiger partial charge < -0.3 is 15.7 Å². The van der Waals surface area contributed by atoms with E-state index in [4.69, 9.17) is 10.8 Å². The van der Waals surface area contributed by atoms with Crippen molar-refractivity contribution in [3.8, 4) is 0 Å². The zero-order valence-electron chi connectivity index (χ0n) is 9.06. The van der Waals surface area contributed by atoms with Gasteiger partial charge in [0.1, 0.15) is 0 Å². The minimum Gasteiger partial charge on any atom is -0.394 e. The fraction of sp³-hybridized carbons (Fsp3) is 0.500. The summed E-state index contributed by atoms with van der Waals surface area (Å²) in [5.74, 6) is 0.640. The molecule has 1 aliphatic heterocycles. The molecule has 0 saturated carbocycles. The van der Waals surface area contributed by atoms with Crippen LogP contribution in [0.3, 0.4) is 0 Å². The van der Waals surface area contributed by atoms with E-state index in [0.717, 1.165) is 18.7 Å². The highest BCUT2D eigenvalue weighted by Crippen LogP contribution is 2.26. The normalized spacial score (nSPS) is 19.9. The molecule has 0 aromatic heterocycles. The average molecular weight is 206 g/mol. The molecular weight excluding hydrogens is 188 g/mol. The van der Waals surface area contributed by atoms with Crippen LogP contribution in [0, 0.1) is 0 Å². The van der Waals surface area contributed by atoms with Crippen LogP contribution in [-0.4, -0.2) is 36.8 Å². The van der Waals surface area contributed by atoms with E-state index in [9.17, 15) is 0 Å². The van der Waals surface area contributed by atoms with Gasteiger partial charge in [0.15, 0.2) is 0 Å². The molecule has 1 atom stereocenters. The third-order valence-corrected chi connectivity index (χ3v) is 3.07. The van der Waals surface area contributed by atoms with Crippen LogP contribution in [0.1, 0.15) is 23.1 Å². The Morgan fingerprint density at radius 3 is 2.87 bits per heavy atom. The number of aliphatic hydroxyl groups excluding tert-OH is 1. The lowest BCUT2D eigenvalue weighted by molar-refractivity contribution is 0.189. The lowest BCUT2D eigenvalue weighted by atomic mass is 9.90. The maximum absolute atomic E-state index is 9.00. The number of rotatable bonds is 3. The first kappa shape index (κ1) is 10.6. The summed E-state index contributed by atoms with van der Waals surface area (Å²) in [7, 11) is 2.12. The third kappa shape index (κ3) is 2.20. The number of aliphatic hydroxyl groups is 1. The number of likely N-dealkylation sites (N-methyl/N-ethyl adjacent to an activating group) is 1. The largest absolute Gasteiger partial charge is 0.394 e. The van der Waals surface area contributed by atoms with Crippen molar-refractivity contribution in [3.05, 3.63) is 35.4 Å². The molecule has 3 nitrogen and oxygen atoms in total. The molecule has 0 radical (unpaired) electrons. The highest BCUT2D eigenvalue weighted by Gasteiger charge is 2.24. The molecule has 1 aliphatic rings. The Hall–Kier alpha value is -0.900. The van der Waals surface area contributed by atoms with Crippen LogP contribution in [0.2, 0.25) is 0 Å². The summed E-state index contributed by atoms with van der Waals surface area (Å²) in [4.78, 5) is 2.29. The number of nitrogens with two attached hydrogens (primary N) is 1. The predicted molar refractivity (Wildman–Crippen MR) is 60.7 cm³/mol. The van der Waals surface area contributed by atoms with E-state index >= 15 is 0 Å². The number of hydrogen-bond donors (Lipinski definition) is 2. The first-order chi connectivity index (χ1) is 7.20. The van der Waals surface area contributed by atoms with Crippen molar-refractivity contribution < 1.29 is 5.11 Å². The van der Waals surface area contributed by atoms with Crippen molar-refractivity contribution in [2.45, 2.75) is 12.0 Å². The van der Waals surface area contributed by atoms with Gasteiger partial charge in [0.05, 0.1) is 12.6 Å². The van der Waals surface area contributed by atoms with Gasteiger partial charge in [0.25, 0.3) is 0 Å². The molecule has 3 heteroatoms. The zero-order valence-corrected chi connectivity index (χ0v) is 9.06. The molecule has 1 unspecified atom stereocenters. The van der Waals surface area contributed by atoms with Crippen molar-refractivity contribution in [1.29, 1.82) is 0 Å². The summed E-state index contributed by atoms with van der Waals surface area (Å²) in [5, 5.41) is 9.00. The third-order valence-electron chi connectivity index (χ3n) is 3.07. The van der Waals surface area contributed by atoms with Crippen molar-refractivity contribution in [2.24, 2.45) is 5.73 Å². The van der Waals surface area contributed by atoms with E-state index in [-0.39, 0.29) is 12.6 Å². The lowest BCUT2D eigenvalue weighted by Crippen LogP contribution is -2.41. The molecule has 2 rings (SSSR count). The van der Waals surface area contributed by atoms with Crippen LogP contribution in [0.25, 0.3) is 0 Å². The summed E-state index contributed by atoms with van der Waals surface area (Å²) >= 11 is 0. The smallest absolute Gasteiger partial charge is 0.0624 e. The Morgan fingerprint density at radius 2 is 2.27 bits per heavy atom. The van der Waals surface area contributed by atoms with Gasteiger partial charge in [0.2, 0.25) is 0 Å². The summed E-state index contributed by atoms with van der Waals surface area (Å²) < 4.78 is 0. The van der Waals surface area contributed by atoms with E-state index < -0.39 is 0 Å². The van der Waals surface area contributed by atoms with Crippen molar-refractivity contribution in [1.82, 2.24) is 4.90 Å². The molecule has 0 bridgehead atoms. The van der Waals surface area contributed by atoms with Gasteiger partial charge in [0, 0.05) is 19.0 Å². The minimum atomic E-state index is -0.247. The average Bonchev–Trinajstić information content (AvgIpc) is 2.24. The van der Waals surface area contributed by atoms with Crippen LogP contribution < -0.4 is 5.73 Å². The molecule has 0 amide bonds. The molecule has 1 heterocycles. The Balaban J connectivity index is 2.12. The summed E-state index contributed by atoms with van der Waals surface area (Å²) in [5.41, 5.74) is 8.16. The van der Waals surface area contributed by atoms with Gasteiger partial charge in [-0.25, -0.2) is 0 Å². The quantitative estimate of drug-likeness (QED) is 0.765. The summed E-state index contributed by atoms with van der Waals surface area (Å²) in [6.45, 7) is 2.25. The standard InChI is InChI=1S/C12H18N2O/c1-14-6-11(7-14)9-3-2-4-10(5-9)12(13)8-15/h2-5,11-12,15H,6-8,13H2,1H3. The van der Waals surface area contributed by atoms with E-state index in [0.29, 0.717) is 5.92 Å². The maximum Gasteiger partial charge on any atom is 0.0624 e. The number of benzene rings is 1. The fourth-order valence-electron chi connectivity index (χ4n) is 2.06. The fourth-order valence-corrected chi connectivity index (χ4v) is 2.06. The van der Waals surface area contributed by atoms with Crippen molar-refractivity contribution >= 4 is 0 Å². The molecule has 1 aromatic carbocycles.